The number of likely N-dealkylation sites (tertiary alicyclic amines) is 1. The van der Waals surface area contributed by atoms with Crippen LogP contribution in [0, 0.1) is 4.77 Å². The third-order valence-corrected chi connectivity index (χ3v) is 5.99. The van der Waals surface area contributed by atoms with Crippen LogP contribution in [0.5, 0.6) is 5.75 Å². The molecule has 0 bridgehead atoms. The number of rotatable bonds is 8. The molecule has 7 heteroatoms. The number of pyridine rings is 1. The summed E-state index contributed by atoms with van der Waals surface area (Å²) in [5.74, 6) is 1.84. The lowest BCUT2D eigenvalue weighted by Crippen LogP contribution is -2.27. The Balaban J connectivity index is 1.59. The number of aromatic nitrogens is 4. The van der Waals surface area contributed by atoms with Gasteiger partial charge in [-0.2, -0.15) is 5.10 Å². The SMILES string of the molecule is CCCn1c(-c2ccncc2)nn(CN2CCCC2c2ccc(OCC)cc2)c1=S. The van der Waals surface area contributed by atoms with Crippen LogP contribution < -0.4 is 4.74 Å². The highest BCUT2D eigenvalue weighted by Gasteiger charge is 2.27. The maximum Gasteiger partial charge on any atom is 0.199 e. The molecular weight excluding hydrogens is 394 g/mol. The van der Waals surface area contributed by atoms with Crippen LogP contribution >= 0.6 is 12.2 Å². The van der Waals surface area contributed by atoms with Gasteiger partial charge in [0.1, 0.15) is 5.75 Å². The Bertz CT molecular complexity index is 1010. The van der Waals surface area contributed by atoms with Crippen molar-refractivity contribution in [3.63, 3.8) is 0 Å². The zero-order valence-corrected chi connectivity index (χ0v) is 18.5. The van der Waals surface area contributed by atoms with E-state index in [1.165, 1.54) is 12.0 Å². The summed E-state index contributed by atoms with van der Waals surface area (Å²) in [5, 5.41) is 4.91. The maximum atomic E-state index is 5.82. The van der Waals surface area contributed by atoms with Crippen LogP contribution in [0.25, 0.3) is 11.4 Å². The largest absolute Gasteiger partial charge is 0.494 e. The summed E-state index contributed by atoms with van der Waals surface area (Å²) >= 11 is 5.82. The standard InChI is InChI=1S/C23H29N5OS/c1-3-15-27-22(19-11-13-24-14-12-19)25-28(23(27)30)17-26-16-5-6-21(26)18-7-9-20(10-8-18)29-4-2/h7-14,21H,3-6,15-17H2,1-2H3. The summed E-state index contributed by atoms with van der Waals surface area (Å²) in [6.07, 6.45) is 6.94. The third kappa shape index (κ3) is 4.32. The summed E-state index contributed by atoms with van der Waals surface area (Å²) in [5.41, 5.74) is 2.37. The second-order valence-corrected chi connectivity index (χ2v) is 7.97. The molecule has 1 aliphatic rings. The van der Waals surface area contributed by atoms with Crippen LogP contribution in [0.3, 0.4) is 0 Å². The highest BCUT2D eigenvalue weighted by Crippen LogP contribution is 2.33. The van der Waals surface area contributed by atoms with E-state index in [1.807, 2.05) is 23.7 Å². The van der Waals surface area contributed by atoms with Gasteiger partial charge in [0.05, 0.1) is 13.3 Å². The molecule has 0 radical (unpaired) electrons. The van der Waals surface area contributed by atoms with Crippen molar-refractivity contribution < 1.29 is 4.74 Å². The number of ether oxygens (including phenoxy) is 1. The molecule has 4 rings (SSSR count). The van der Waals surface area contributed by atoms with Gasteiger partial charge in [0.25, 0.3) is 0 Å². The highest BCUT2D eigenvalue weighted by atomic mass is 32.1. The van der Waals surface area contributed by atoms with Crippen molar-refractivity contribution in [1.29, 1.82) is 0 Å². The van der Waals surface area contributed by atoms with Gasteiger partial charge in [0.15, 0.2) is 10.6 Å². The van der Waals surface area contributed by atoms with Crippen LogP contribution in [0.2, 0.25) is 0 Å². The van der Waals surface area contributed by atoms with Gasteiger partial charge in [0.2, 0.25) is 0 Å². The molecule has 3 aromatic rings. The van der Waals surface area contributed by atoms with E-state index < -0.39 is 0 Å². The molecule has 0 N–H and O–H groups in total. The van der Waals surface area contributed by atoms with E-state index in [-0.39, 0.29) is 0 Å². The summed E-state index contributed by atoms with van der Waals surface area (Å²) in [6.45, 7) is 7.47. The molecule has 1 saturated heterocycles. The molecule has 1 aromatic carbocycles. The van der Waals surface area contributed by atoms with E-state index in [1.54, 1.807) is 12.4 Å². The van der Waals surface area contributed by atoms with Crippen LogP contribution in [-0.4, -0.2) is 37.4 Å². The van der Waals surface area contributed by atoms with Gasteiger partial charge in [-0.15, -0.1) is 0 Å². The monoisotopic (exact) mass is 423 g/mol. The molecule has 0 aliphatic carbocycles. The Morgan fingerprint density at radius 1 is 1.10 bits per heavy atom. The van der Waals surface area contributed by atoms with Crippen LogP contribution in [0.15, 0.2) is 48.8 Å². The second-order valence-electron chi connectivity index (χ2n) is 7.61. The predicted octanol–water partition coefficient (Wildman–Crippen LogP) is 5.08. The molecule has 158 valence electrons. The number of benzene rings is 1. The number of hydrogen-bond acceptors (Lipinski definition) is 5. The van der Waals surface area contributed by atoms with Crippen molar-refractivity contribution >= 4 is 12.2 Å². The molecule has 2 aromatic heterocycles. The first-order valence-corrected chi connectivity index (χ1v) is 11.2. The molecule has 1 atom stereocenters. The van der Waals surface area contributed by atoms with Gasteiger partial charge in [-0.25, -0.2) is 4.68 Å². The fraction of sp³-hybridized carbons (Fsp3) is 0.435. The molecule has 3 heterocycles. The summed E-state index contributed by atoms with van der Waals surface area (Å²) in [6, 6.07) is 12.9. The summed E-state index contributed by atoms with van der Waals surface area (Å²) < 4.78 is 10.5. The second kappa shape index (κ2) is 9.53. The zero-order valence-electron chi connectivity index (χ0n) is 17.7. The van der Waals surface area contributed by atoms with Gasteiger partial charge in [0, 0.05) is 37.1 Å². The molecule has 1 unspecified atom stereocenters. The normalized spacial score (nSPS) is 16.8. The topological polar surface area (TPSA) is 48.1 Å². The van der Waals surface area contributed by atoms with E-state index in [4.69, 9.17) is 22.1 Å². The van der Waals surface area contributed by atoms with Crippen molar-refractivity contribution in [1.82, 2.24) is 24.2 Å². The molecule has 1 fully saturated rings. The minimum absolute atomic E-state index is 0.378. The van der Waals surface area contributed by atoms with Gasteiger partial charge in [-0.05, 0) is 68.2 Å². The summed E-state index contributed by atoms with van der Waals surface area (Å²) in [4.78, 5) is 6.61. The lowest BCUT2D eigenvalue weighted by molar-refractivity contribution is 0.189. The highest BCUT2D eigenvalue weighted by molar-refractivity contribution is 7.71. The van der Waals surface area contributed by atoms with E-state index in [0.717, 1.165) is 47.8 Å². The fourth-order valence-electron chi connectivity index (χ4n) is 4.17. The third-order valence-electron chi connectivity index (χ3n) is 5.56. The van der Waals surface area contributed by atoms with Crippen molar-refractivity contribution in [3.05, 3.63) is 59.1 Å². The molecule has 1 aliphatic heterocycles. The molecular formula is C23H29N5OS. The fourth-order valence-corrected chi connectivity index (χ4v) is 4.45. The number of hydrogen-bond donors (Lipinski definition) is 0. The Hall–Kier alpha value is -2.51. The first-order valence-electron chi connectivity index (χ1n) is 10.8. The van der Waals surface area contributed by atoms with Gasteiger partial charge < -0.3 is 4.74 Å². The van der Waals surface area contributed by atoms with Gasteiger partial charge in [-0.3, -0.25) is 14.5 Å². The Labute approximate surface area is 183 Å². The maximum absolute atomic E-state index is 5.82. The zero-order chi connectivity index (χ0) is 20.9. The quantitative estimate of drug-likeness (QED) is 0.473. The lowest BCUT2D eigenvalue weighted by atomic mass is 10.0. The predicted molar refractivity (Wildman–Crippen MR) is 121 cm³/mol. The van der Waals surface area contributed by atoms with E-state index in [2.05, 4.69) is 45.6 Å². The van der Waals surface area contributed by atoms with Crippen LogP contribution in [-0.2, 0) is 13.2 Å². The van der Waals surface area contributed by atoms with E-state index >= 15 is 0 Å². The van der Waals surface area contributed by atoms with Crippen LogP contribution in [0.4, 0.5) is 0 Å². The lowest BCUT2D eigenvalue weighted by Gasteiger charge is -2.24. The van der Waals surface area contributed by atoms with Gasteiger partial charge in [-0.1, -0.05) is 19.1 Å². The molecule has 0 saturated carbocycles. The average molecular weight is 424 g/mol. The van der Waals surface area contributed by atoms with Gasteiger partial charge >= 0.3 is 0 Å². The van der Waals surface area contributed by atoms with Crippen molar-refractivity contribution in [2.45, 2.75) is 52.4 Å². The first-order chi connectivity index (χ1) is 14.7. The molecule has 0 spiro atoms. The molecule has 30 heavy (non-hydrogen) atoms. The molecule has 6 nitrogen and oxygen atoms in total. The summed E-state index contributed by atoms with van der Waals surface area (Å²) in [7, 11) is 0. The van der Waals surface area contributed by atoms with E-state index in [9.17, 15) is 0 Å². The van der Waals surface area contributed by atoms with Crippen LogP contribution in [0.1, 0.15) is 44.7 Å². The van der Waals surface area contributed by atoms with Crippen molar-refractivity contribution in [2.75, 3.05) is 13.2 Å². The minimum Gasteiger partial charge on any atom is -0.494 e. The Morgan fingerprint density at radius 2 is 1.87 bits per heavy atom. The smallest absolute Gasteiger partial charge is 0.199 e. The minimum atomic E-state index is 0.378. The van der Waals surface area contributed by atoms with Crippen molar-refractivity contribution in [2.24, 2.45) is 0 Å². The Kier molecular flexibility index (Phi) is 6.59. The molecule has 0 amide bonds. The Morgan fingerprint density at radius 3 is 2.57 bits per heavy atom. The van der Waals surface area contributed by atoms with Crippen molar-refractivity contribution in [3.8, 4) is 17.1 Å². The first kappa shape index (κ1) is 20.8. The van der Waals surface area contributed by atoms with E-state index in [0.29, 0.717) is 19.3 Å². The number of nitrogens with zero attached hydrogens (tertiary/aromatic N) is 5. The average Bonchev–Trinajstić information content (AvgIpc) is 3.36.